The Morgan fingerprint density at radius 1 is 1.06 bits per heavy atom. The molecular weight excluding hydrogens is 406 g/mol. The summed E-state index contributed by atoms with van der Waals surface area (Å²) in [4.78, 5) is 16.9. The summed E-state index contributed by atoms with van der Waals surface area (Å²) < 4.78 is 2.10. The zero-order chi connectivity index (χ0) is 22.4. The van der Waals surface area contributed by atoms with E-state index >= 15 is 0 Å². The number of pyridine rings is 1. The van der Waals surface area contributed by atoms with Crippen molar-refractivity contribution >= 4 is 17.7 Å². The van der Waals surface area contributed by atoms with Crippen molar-refractivity contribution in [2.45, 2.75) is 57.9 Å². The Labute approximate surface area is 188 Å². The van der Waals surface area contributed by atoms with Gasteiger partial charge in [-0.3, -0.25) is 14.3 Å². The summed E-state index contributed by atoms with van der Waals surface area (Å²) in [6.07, 6.45) is 5.33. The highest BCUT2D eigenvalue weighted by Crippen LogP contribution is 2.33. The van der Waals surface area contributed by atoms with Crippen LogP contribution in [0.3, 0.4) is 0 Å². The van der Waals surface area contributed by atoms with Crippen LogP contribution in [0.5, 0.6) is 0 Å². The molecule has 6 nitrogen and oxygen atoms in total. The third-order valence-electron chi connectivity index (χ3n) is 5.08. The normalized spacial score (nSPS) is 12.2. The van der Waals surface area contributed by atoms with Gasteiger partial charge >= 0.3 is 0 Å². The first-order valence-electron chi connectivity index (χ1n) is 10.9. The molecule has 0 radical (unpaired) electrons. The number of aromatic nitrogens is 4. The first-order chi connectivity index (χ1) is 15.0. The quantitative estimate of drug-likeness (QED) is 0.491. The first-order valence-corrected chi connectivity index (χ1v) is 11.7. The second-order valence-electron chi connectivity index (χ2n) is 7.91. The van der Waals surface area contributed by atoms with Crippen LogP contribution in [-0.4, -0.2) is 37.5 Å². The number of hydrogen-bond acceptors (Lipinski definition) is 5. The van der Waals surface area contributed by atoms with Crippen LogP contribution in [0, 0.1) is 5.92 Å². The van der Waals surface area contributed by atoms with Crippen molar-refractivity contribution in [1.82, 2.24) is 25.1 Å². The van der Waals surface area contributed by atoms with E-state index < -0.39 is 0 Å². The molecule has 1 atom stereocenters. The highest BCUT2D eigenvalue weighted by atomic mass is 32.2. The zero-order valence-corrected chi connectivity index (χ0v) is 19.7. The maximum Gasteiger partial charge on any atom is 0.233 e. The summed E-state index contributed by atoms with van der Waals surface area (Å²) in [5.74, 6) is 1.15. The van der Waals surface area contributed by atoms with Crippen LogP contribution in [-0.2, 0) is 17.6 Å². The molecule has 3 rings (SSSR count). The molecule has 3 aromatic rings. The Bertz CT molecular complexity index is 994. The Balaban J connectivity index is 2.09. The molecule has 0 fully saturated rings. The van der Waals surface area contributed by atoms with E-state index in [1.165, 1.54) is 22.9 Å². The first kappa shape index (κ1) is 23.0. The molecule has 0 bridgehead atoms. The number of hydrogen-bond donors (Lipinski definition) is 1. The van der Waals surface area contributed by atoms with Crippen LogP contribution < -0.4 is 5.32 Å². The lowest BCUT2D eigenvalue weighted by molar-refractivity contribution is -0.120. The fourth-order valence-corrected chi connectivity index (χ4v) is 4.27. The molecule has 0 aliphatic carbocycles. The summed E-state index contributed by atoms with van der Waals surface area (Å²) in [5.41, 5.74) is 4.45. The molecule has 2 aromatic heterocycles. The maximum absolute atomic E-state index is 12.6. The molecule has 1 amide bonds. The van der Waals surface area contributed by atoms with Crippen LogP contribution in [0.25, 0.3) is 17.1 Å². The molecule has 1 aromatic carbocycles. The summed E-state index contributed by atoms with van der Waals surface area (Å²) in [6, 6.07) is 10.3. The van der Waals surface area contributed by atoms with E-state index in [9.17, 15) is 4.79 Å². The molecule has 1 N–H and O–H groups in total. The van der Waals surface area contributed by atoms with Crippen molar-refractivity contribution in [2.75, 3.05) is 6.54 Å². The van der Waals surface area contributed by atoms with E-state index in [2.05, 4.69) is 71.0 Å². The number of carbonyl (C=O) groups excluding carboxylic acids is 1. The number of thioether (sulfide) groups is 1. The second kappa shape index (κ2) is 10.6. The molecule has 2 heterocycles. The van der Waals surface area contributed by atoms with Gasteiger partial charge in [0.05, 0.1) is 10.9 Å². The van der Waals surface area contributed by atoms with Gasteiger partial charge in [0, 0.05) is 24.5 Å². The smallest absolute Gasteiger partial charge is 0.233 e. The number of carbonyl (C=O) groups is 1. The lowest BCUT2D eigenvalue weighted by Gasteiger charge is -2.19. The Morgan fingerprint density at radius 2 is 1.77 bits per heavy atom. The largest absolute Gasteiger partial charge is 0.355 e. The summed E-state index contributed by atoms with van der Waals surface area (Å²) in [5, 5.41) is 12.5. The minimum atomic E-state index is -0.290. The lowest BCUT2D eigenvalue weighted by atomic mass is 10.0. The van der Waals surface area contributed by atoms with Crippen LogP contribution in [0.2, 0.25) is 0 Å². The Kier molecular flexibility index (Phi) is 7.85. The fourth-order valence-electron chi connectivity index (χ4n) is 3.39. The molecule has 0 aliphatic rings. The zero-order valence-electron chi connectivity index (χ0n) is 18.9. The van der Waals surface area contributed by atoms with Gasteiger partial charge in [0.25, 0.3) is 0 Å². The number of benzene rings is 1. The minimum absolute atomic E-state index is 0.00988. The van der Waals surface area contributed by atoms with Gasteiger partial charge in [0.15, 0.2) is 11.0 Å². The topological polar surface area (TPSA) is 72.7 Å². The predicted octanol–water partition coefficient (Wildman–Crippen LogP) is 4.71. The van der Waals surface area contributed by atoms with Crippen molar-refractivity contribution in [1.29, 1.82) is 0 Å². The Morgan fingerprint density at radius 3 is 2.35 bits per heavy atom. The third-order valence-corrected chi connectivity index (χ3v) is 6.12. The van der Waals surface area contributed by atoms with E-state index in [1.807, 2.05) is 19.1 Å². The van der Waals surface area contributed by atoms with Crippen LogP contribution >= 0.6 is 11.8 Å². The van der Waals surface area contributed by atoms with E-state index in [-0.39, 0.29) is 11.2 Å². The van der Waals surface area contributed by atoms with Gasteiger partial charge in [0.2, 0.25) is 5.91 Å². The predicted molar refractivity (Wildman–Crippen MR) is 127 cm³/mol. The minimum Gasteiger partial charge on any atom is -0.355 e. The maximum atomic E-state index is 12.6. The molecule has 0 saturated heterocycles. The average molecular weight is 438 g/mol. The number of para-hydroxylation sites is 1. The van der Waals surface area contributed by atoms with E-state index in [1.54, 1.807) is 12.4 Å². The standard InChI is InChI=1S/C24H31N5OS/c1-6-18-10-8-11-19(7-2)21(18)29-22(20-12-9-13-25-15-20)27-28-24(29)31-17(5)23(30)26-14-16(3)4/h8-13,15-17H,6-7,14H2,1-5H3,(H,26,30). The van der Waals surface area contributed by atoms with Gasteiger partial charge in [-0.15, -0.1) is 10.2 Å². The Hall–Kier alpha value is -2.67. The van der Waals surface area contributed by atoms with Gasteiger partial charge < -0.3 is 5.32 Å². The third kappa shape index (κ3) is 5.34. The molecule has 0 saturated carbocycles. The molecule has 164 valence electrons. The lowest BCUT2D eigenvalue weighted by Crippen LogP contribution is -2.33. The van der Waals surface area contributed by atoms with Gasteiger partial charge in [-0.2, -0.15) is 0 Å². The van der Waals surface area contributed by atoms with Crippen molar-refractivity contribution in [2.24, 2.45) is 5.92 Å². The second-order valence-corrected chi connectivity index (χ2v) is 9.22. The number of nitrogens with one attached hydrogen (secondary N) is 1. The number of aryl methyl sites for hydroxylation is 2. The number of nitrogens with zero attached hydrogens (tertiary/aromatic N) is 4. The molecule has 1 unspecified atom stereocenters. The van der Waals surface area contributed by atoms with Crippen LogP contribution in [0.1, 0.15) is 45.7 Å². The van der Waals surface area contributed by atoms with Crippen LogP contribution in [0.15, 0.2) is 47.9 Å². The summed E-state index contributed by atoms with van der Waals surface area (Å²) in [7, 11) is 0. The molecule has 31 heavy (non-hydrogen) atoms. The van der Waals surface area contributed by atoms with Gasteiger partial charge in [-0.05, 0) is 48.9 Å². The highest BCUT2D eigenvalue weighted by Gasteiger charge is 2.24. The van der Waals surface area contributed by atoms with Gasteiger partial charge in [-0.1, -0.05) is 57.7 Å². The fraction of sp³-hybridized carbons (Fsp3) is 0.417. The molecule has 0 spiro atoms. The molecule has 0 aliphatic heterocycles. The van der Waals surface area contributed by atoms with Crippen LogP contribution in [0.4, 0.5) is 0 Å². The molecule has 7 heteroatoms. The average Bonchev–Trinajstić information content (AvgIpc) is 3.20. The van der Waals surface area contributed by atoms with E-state index in [4.69, 9.17) is 0 Å². The van der Waals surface area contributed by atoms with Crippen molar-refractivity contribution in [3.8, 4) is 17.1 Å². The summed E-state index contributed by atoms with van der Waals surface area (Å²) in [6.45, 7) is 11.1. The summed E-state index contributed by atoms with van der Waals surface area (Å²) >= 11 is 1.44. The number of rotatable bonds is 9. The highest BCUT2D eigenvalue weighted by molar-refractivity contribution is 8.00. The monoisotopic (exact) mass is 437 g/mol. The van der Waals surface area contributed by atoms with Gasteiger partial charge in [-0.25, -0.2) is 0 Å². The van der Waals surface area contributed by atoms with Crippen molar-refractivity contribution < 1.29 is 4.79 Å². The molecular formula is C24H31N5OS. The van der Waals surface area contributed by atoms with E-state index in [0.29, 0.717) is 17.6 Å². The van der Waals surface area contributed by atoms with Gasteiger partial charge in [0.1, 0.15) is 0 Å². The van der Waals surface area contributed by atoms with Crippen molar-refractivity contribution in [3.05, 3.63) is 53.9 Å². The van der Waals surface area contributed by atoms with E-state index in [0.717, 1.165) is 29.9 Å². The number of amides is 1. The van der Waals surface area contributed by atoms with Crippen molar-refractivity contribution in [3.63, 3.8) is 0 Å². The SMILES string of the molecule is CCc1cccc(CC)c1-n1c(SC(C)C(=O)NCC(C)C)nnc1-c1cccnc1.